The van der Waals surface area contributed by atoms with Gasteiger partial charge in [0.05, 0.1) is 22.2 Å². The van der Waals surface area contributed by atoms with E-state index < -0.39 is 16.1 Å². The monoisotopic (exact) mass is 264 g/mol. The second-order valence-electron chi connectivity index (χ2n) is 3.39. The lowest BCUT2D eigenvalue weighted by atomic mass is 10.3. The zero-order chi connectivity index (χ0) is 12.3. The van der Waals surface area contributed by atoms with Gasteiger partial charge in [0.2, 0.25) is 10.0 Å². The van der Waals surface area contributed by atoms with Crippen LogP contribution in [0.4, 0.5) is 5.69 Å². The lowest BCUT2D eigenvalue weighted by molar-refractivity contribution is 0.265. The molecule has 1 aromatic carbocycles. The maximum atomic E-state index is 11.7. The van der Waals surface area contributed by atoms with Gasteiger partial charge in [-0.3, -0.25) is 0 Å². The highest BCUT2D eigenvalue weighted by molar-refractivity contribution is 7.89. The summed E-state index contributed by atoms with van der Waals surface area (Å²) in [6, 6.07) is 3.48. The van der Waals surface area contributed by atoms with Crippen molar-refractivity contribution in [2.45, 2.75) is 17.9 Å². The molecule has 1 rings (SSSR count). The van der Waals surface area contributed by atoms with Crippen molar-refractivity contribution in [3.8, 4) is 0 Å². The number of aliphatic hydroxyl groups excluding tert-OH is 1. The first kappa shape index (κ1) is 13.2. The van der Waals surface area contributed by atoms with E-state index in [4.69, 9.17) is 22.4 Å². The molecule has 90 valence electrons. The molecule has 5 nitrogen and oxygen atoms in total. The fraction of sp³-hybridized carbons (Fsp3) is 0.333. The molecular weight excluding hydrogens is 252 g/mol. The van der Waals surface area contributed by atoms with Crippen LogP contribution in [0.2, 0.25) is 5.02 Å². The number of anilines is 1. The van der Waals surface area contributed by atoms with Crippen molar-refractivity contribution in [1.82, 2.24) is 4.72 Å². The first-order chi connectivity index (χ1) is 7.36. The molecule has 0 aliphatic heterocycles. The number of aliphatic hydroxyl groups is 1. The number of hydrogen-bond donors (Lipinski definition) is 3. The molecular formula is C9H13ClN2O3S. The number of benzene rings is 1. The first-order valence-corrected chi connectivity index (χ1v) is 6.41. The van der Waals surface area contributed by atoms with Crippen molar-refractivity contribution in [1.29, 1.82) is 0 Å². The van der Waals surface area contributed by atoms with Crippen LogP contribution >= 0.6 is 11.6 Å². The average molecular weight is 265 g/mol. The zero-order valence-electron chi connectivity index (χ0n) is 8.64. The molecule has 1 atom stereocenters. The zero-order valence-corrected chi connectivity index (χ0v) is 10.2. The molecule has 0 amide bonds. The van der Waals surface area contributed by atoms with Crippen molar-refractivity contribution in [3.63, 3.8) is 0 Å². The minimum atomic E-state index is -3.66. The van der Waals surface area contributed by atoms with E-state index in [1.807, 2.05) is 0 Å². The second-order valence-corrected chi connectivity index (χ2v) is 5.51. The fourth-order valence-corrected chi connectivity index (χ4v) is 2.45. The molecule has 0 heterocycles. The quantitative estimate of drug-likeness (QED) is 0.694. The van der Waals surface area contributed by atoms with Gasteiger partial charge in [0.15, 0.2) is 0 Å². The summed E-state index contributed by atoms with van der Waals surface area (Å²) >= 11 is 5.68. The molecule has 1 unspecified atom stereocenters. The summed E-state index contributed by atoms with van der Waals surface area (Å²) in [6.07, 6.45) is 0. The average Bonchev–Trinajstić information content (AvgIpc) is 2.21. The van der Waals surface area contributed by atoms with Crippen LogP contribution in [0.15, 0.2) is 23.1 Å². The molecule has 0 spiro atoms. The first-order valence-electron chi connectivity index (χ1n) is 4.55. The highest BCUT2D eigenvalue weighted by Gasteiger charge is 2.17. The van der Waals surface area contributed by atoms with Gasteiger partial charge in [-0.1, -0.05) is 11.6 Å². The van der Waals surface area contributed by atoms with Crippen LogP contribution in [0, 0.1) is 0 Å². The summed E-state index contributed by atoms with van der Waals surface area (Å²) in [5.74, 6) is 0. The standard InChI is InChI=1S/C9H13ClN2O3S/c1-6(5-13)12-16(14,15)7-2-3-8(10)9(11)4-7/h2-4,6,12-13H,5,11H2,1H3. The summed E-state index contributed by atoms with van der Waals surface area (Å²) in [4.78, 5) is 0.0229. The van der Waals surface area contributed by atoms with Gasteiger partial charge in [-0.15, -0.1) is 0 Å². The van der Waals surface area contributed by atoms with Gasteiger partial charge in [0.25, 0.3) is 0 Å². The number of rotatable bonds is 4. The Morgan fingerprint density at radius 3 is 2.69 bits per heavy atom. The summed E-state index contributed by atoms with van der Waals surface area (Å²) in [7, 11) is -3.66. The Hall–Kier alpha value is -0.820. The van der Waals surface area contributed by atoms with Crippen molar-refractivity contribution in [3.05, 3.63) is 23.2 Å². The molecule has 0 fully saturated rings. The van der Waals surface area contributed by atoms with E-state index in [0.717, 1.165) is 0 Å². The van der Waals surface area contributed by atoms with Crippen LogP contribution in [0.5, 0.6) is 0 Å². The summed E-state index contributed by atoms with van der Waals surface area (Å²) in [6.45, 7) is 1.28. The van der Waals surface area contributed by atoms with Gasteiger partial charge in [0.1, 0.15) is 0 Å². The van der Waals surface area contributed by atoms with Crippen LogP contribution in [-0.2, 0) is 10.0 Å². The van der Waals surface area contributed by atoms with E-state index in [0.29, 0.717) is 5.02 Å². The smallest absolute Gasteiger partial charge is 0.240 e. The third-order valence-electron chi connectivity index (χ3n) is 1.91. The highest BCUT2D eigenvalue weighted by atomic mass is 35.5. The van der Waals surface area contributed by atoms with Crippen LogP contribution in [-0.4, -0.2) is 26.2 Å². The third-order valence-corrected chi connectivity index (χ3v) is 3.84. The van der Waals surface area contributed by atoms with E-state index in [1.165, 1.54) is 18.2 Å². The predicted octanol–water partition coefficient (Wildman–Crippen LogP) is 0.581. The van der Waals surface area contributed by atoms with Crippen molar-refractivity contribution >= 4 is 27.3 Å². The molecule has 1 aromatic rings. The molecule has 0 bridgehead atoms. The maximum Gasteiger partial charge on any atom is 0.240 e. The Morgan fingerprint density at radius 2 is 2.19 bits per heavy atom. The minimum absolute atomic E-state index is 0.0229. The Kier molecular flexibility index (Phi) is 4.15. The third kappa shape index (κ3) is 3.08. The van der Waals surface area contributed by atoms with Gasteiger partial charge >= 0.3 is 0 Å². The molecule has 0 radical (unpaired) electrons. The predicted molar refractivity (Wildman–Crippen MR) is 62.7 cm³/mol. The summed E-state index contributed by atoms with van der Waals surface area (Å²) in [5, 5.41) is 9.07. The van der Waals surface area contributed by atoms with E-state index in [1.54, 1.807) is 6.92 Å². The second kappa shape index (κ2) is 5.01. The Labute approximate surface area is 99.3 Å². The van der Waals surface area contributed by atoms with Crippen LogP contribution in [0.25, 0.3) is 0 Å². The van der Waals surface area contributed by atoms with E-state index in [9.17, 15) is 8.42 Å². The van der Waals surface area contributed by atoms with Gasteiger partial charge in [-0.05, 0) is 25.1 Å². The van der Waals surface area contributed by atoms with Crippen molar-refractivity contribution < 1.29 is 13.5 Å². The highest BCUT2D eigenvalue weighted by Crippen LogP contribution is 2.22. The number of hydrogen-bond acceptors (Lipinski definition) is 4. The van der Waals surface area contributed by atoms with Crippen molar-refractivity contribution in [2.75, 3.05) is 12.3 Å². The number of nitrogens with one attached hydrogen (secondary N) is 1. The molecule has 0 aromatic heterocycles. The van der Waals surface area contributed by atoms with E-state index in [-0.39, 0.29) is 17.2 Å². The van der Waals surface area contributed by atoms with Gasteiger partial charge in [-0.25, -0.2) is 13.1 Å². The van der Waals surface area contributed by atoms with Crippen molar-refractivity contribution in [2.24, 2.45) is 0 Å². The Morgan fingerprint density at radius 1 is 1.56 bits per heavy atom. The fourth-order valence-electron chi connectivity index (χ4n) is 1.06. The molecule has 16 heavy (non-hydrogen) atoms. The summed E-state index contributed by atoms with van der Waals surface area (Å²) in [5.41, 5.74) is 5.70. The number of halogens is 1. The minimum Gasteiger partial charge on any atom is -0.397 e. The molecule has 7 heteroatoms. The van der Waals surface area contributed by atoms with Crippen LogP contribution < -0.4 is 10.5 Å². The number of nitrogen functional groups attached to an aromatic ring is 1. The Bertz CT molecular complexity index is 476. The van der Waals surface area contributed by atoms with Gasteiger partial charge in [0, 0.05) is 6.04 Å². The molecule has 0 saturated heterocycles. The number of nitrogens with two attached hydrogens (primary N) is 1. The van der Waals surface area contributed by atoms with Crippen LogP contribution in [0.3, 0.4) is 0 Å². The maximum absolute atomic E-state index is 11.7. The Balaban J connectivity index is 3.03. The van der Waals surface area contributed by atoms with Gasteiger partial charge in [-0.2, -0.15) is 0 Å². The summed E-state index contributed by atoms with van der Waals surface area (Å²) < 4.78 is 25.8. The molecule has 0 aliphatic rings. The normalized spacial score (nSPS) is 13.7. The molecule has 4 N–H and O–H groups in total. The van der Waals surface area contributed by atoms with E-state index in [2.05, 4.69) is 4.72 Å². The number of sulfonamides is 1. The largest absolute Gasteiger partial charge is 0.397 e. The topological polar surface area (TPSA) is 92.4 Å². The lowest BCUT2D eigenvalue weighted by Gasteiger charge is -2.12. The molecule has 0 aliphatic carbocycles. The van der Waals surface area contributed by atoms with Gasteiger partial charge < -0.3 is 10.8 Å². The van der Waals surface area contributed by atoms with E-state index >= 15 is 0 Å². The van der Waals surface area contributed by atoms with Crippen LogP contribution in [0.1, 0.15) is 6.92 Å². The molecule has 0 saturated carbocycles. The lowest BCUT2D eigenvalue weighted by Crippen LogP contribution is -2.35. The SMILES string of the molecule is CC(CO)NS(=O)(=O)c1ccc(Cl)c(N)c1.